The molecule has 2 N–H and O–H groups in total. The van der Waals surface area contributed by atoms with Crippen LogP contribution in [0.1, 0.15) is 13.3 Å². The van der Waals surface area contributed by atoms with Gasteiger partial charge < -0.3 is 10.6 Å². The zero-order valence-electron chi connectivity index (χ0n) is 13.6. The fourth-order valence-electron chi connectivity index (χ4n) is 2.40. The summed E-state index contributed by atoms with van der Waals surface area (Å²) in [6.07, 6.45) is 1.12. The quantitative estimate of drug-likeness (QED) is 0.831. The molecule has 2 aromatic carbocycles. The van der Waals surface area contributed by atoms with Gasteiger partial charge in [-0.25, -0.2) is 8.42 Å². The summed E-state index contributed by atoms with van der Waals surface area (Å²) in [6.45, 7) is 1.29. The fourth-order valence-corrected chi connectivity index (χ4v) is 3.06. The van der Waals surface area contributed by atoms with Crippen LogP contribution in [0.3, 0.4) is 0 Å². The van der Waals surface area contributed by atoms with Crippen molar-refractivity contribution in [2.75, 3.05) is 17.3 Å². The predicted octanol–water partition coefficient (Wildman–Crippen LogP) is 1.72. The molecule has 0 aliphatic heterocycles. The molecule has 0 aliphatic rings. The van der Waals surface area contributed by atoms with Crippen LogP contribution in [-0.4, -0.2) is 38.3 Å². The van der Waals surface area contributed by atoms with Crippen LogP contribution in [0.2, 0.25) is 0 Å². The predicted molar refractivity (Wildman–Crippen MR) is 94.5 cm³/mol. The van der Waals surface area contributed by atoms with E-state index in [2.05, 4.69) is 10.6 Å². The number of hydrogen-bond acceptors (Lipinski definition) is 4. The molecule has 0 saturated carbocycles. The molecule has 0 heterocycles. The zero-order valence-corrected chi connectivity index (χ0v) is 14.4. The maximum atomic E-state index is 12.5. The number of amides is 2. The average molecular weight is 348 g/mol. The van der Waals surface area contributed by atoms with Gasteiger partial charge in [0.25, 0.3) is 0 Å². The largest absolute Gasteiger partial charge is 0.345 e. The molecule has 0 spiro atoms. The molecule has 24 heavy (non-hydrogen) atoms. The third kappa shape index (κ3) is 5.06. The molecule has 2 aromatic rings. The maximum absolute atomic E-state index is 12.5. The van der Waals surface area contributed by atoms with E-state index < -0.39 is 21.8 Å². The lowest BCUT2D eigenvalue weighted by Gasteiger charge is -2.18. The summed E-state index contributed by atoms with van der Waals surface area (Å²) in [7, 11) is -3.23. The van der Waals surface area contributed by atoms with Gasteiger partial charge in [-0.3, -0.25) is 9.59 Å². The molecule has 1 atom stereocenters. The first-order valence-corrected chi connectivity index (χ1v) is 9.56. The van der Waals surface area contributed by atoms with Gasteiger partial charge in [-0.05, 0) is 17.9 Å². The van der Waals surface area contributed by atoms with Gasteiger partial charge in [0.2, 0.25) is 11.8 Å². The van der Waals surface area contributed by atoms with Gasteiger partial charge in [0.05, 0.1) is 5.75 Å². The lowest BCUT2D eigenvalue weighted by atomic mass is 10.1. The van der Waals surface area contributed by atoms with Gasteiger partial charge in [-0.15, -0.1) is 0 Å². The van der Waals surface area contributed by atoms with Gasteiger partial charge in [-0.2, -0.15) is 0 Å². The first-order chi connectivity index (χ1) is 11.3. The molecule has 6 nitrogen and oxygen atoms in total. The Hall–Kier alpha value is -2.41. The Balaban J connectivity index is 2.20. The smallest absolute Gasteiger partial charge is 0.246 e. The van der Waals surface area contributed by atoms with E-state index in [0.29, 0.717) is 5.69 Å². The van der Waals surface area contributed by atoms with E-state index in [1.807, 2.05) is 36.4 Å². The van der Waals surface area contributed by atoms with E-state index in [-0.39, 0.29) is 18.1 Å². The Bertz CT molecular complexity index is 857. The molecule has 0 saturated heterocycles. The molecule has 0 bridgehead atoms. The first-order valence-electron chi connectivity index (χ1n) is 7.50. The van der Waals surface area contributed by atoms with Crippen molar-refractivity contribution in [1.82, 2.24) is 5.32 Å². The fraction of sp³-hybridized carbons (Fsp3) is 0.294. The molecule has 128 valence electrons. The Morgan fingerprint density at radius 1 is 1.08 bits per heavy atom. The van der Waals surface area contributed by atoms with Gasteiger partial charge in [0, 0.05) is 24.3 Å². The summed E-state index contributed by atoms with van der Waals surface area (Å²) in [5.74, 6) is -1.01. The summed E-state index contributed by atoms with van der Waals surface area (Å²) in [4.78, 5) is 23.8. The van der Waals surface area contributed by atoms with Crippen molar-refractivity contribution in [3.8, 4) is 0 Å². The highest BCUT2D eigenvalue weighted by molar-refractivity contribution is 7.90. The van der Waals surface area contributed by atoms with Crippen LogP contribution >= 0.6 is 0 Å². The van der Waals surface area contributed by atoms with Crippen LogP contribution in [0.15, 0.2) is 42.5 Å². The maximum Gasteiger partial charge on any atom is 0.246 e. The minimum atomic E-state index is -3.23. The number of nitrogens with one attached hydrogen (secondary N) is 2. The summed E-state index contributed by atoms with van der Waals surface area (Å²) in [5, 5.41) is 7.13. The van der Waals surface area contributed by atoms with Crippen molar-refractivity contribution in [2.24, 2.45) is 0 Å². The van der Waals surface area contributed by atoms with Gasteiger partial charge in [0.15, 0.2) is 0 Å². The van der Waals surface area contributed by atoms with Crippen LogP contribution < -0.4 is 10.6 Å². The number of fused-ring (bicyclic) bond motifs is 1. The Labute approximate surface area is 141 Å². The van der Waals surface area contributed by atoms with Crippen LogP contribution in [0.4, 0.5) is 5.69 Å². The normalized spacial score (nSPS) is 12.6. The van der Waals surface area contributed by atoms with E-state index in [1.165, 1.54) is 6.92 Å². The highest BCUT2D eigenvalue weighted by atomic mass is 32.2. The molecule has 0 aliphatic carbocycles. The number of hydrogen-bond donors (Lipinski definition) is 2. The average Bonchev–Trinajstić information content (AvgIpc) is 2.50. The lowest BCUT2D eigenvalue weighted by Crippen LogP contribution is -2.43. The molecule has 0 unspecified atom stereocenters. The second kappa shape index (κ2) is 7.44. The van der Waals surface area contributed by atoms with E-state index >= 15 is 0 Å². The zero-order chi connectivity index (χ0) is 17.7. The highest BCUT2D eigenvalue weighted by Crippen LogP contribution is 2.23. The second-order valence-electron chi connectivity index (χ2n) is 5.69. The van der Waals surface area contributed by atoms with Gasteiger partial charge in [0.1, 0.15) is 15.9 Å². The molecular formula is C17H20N2O4S. The van der Waals surface area contributed by atoms with Gasteiger partial charge >= 0.3 is 0 Å². The third-order valence-electron chi connectivity index (χ3n) is 3.52. The van der Waals surface area contributed by atoms with Crippen LogP contribution in [0.25, 0.3) is 10.8 Å². The standard InChI is InChI=1S/C17H20N2O4S/c1-12(20)18-16(10-11-24(2,22)23)17(21)19-15-9-5-7-13-6-3-4-8-14(13)15/h3-9,16H,10-11H2,1-2H3,(H,18,20)(H,19,21)/t16-/m0/s1. The Morgan fingerprint density at radius 2 is 1.75 bits per heavy atom. The first kappa shape index (κ1) is 17.9. The summed E-state index contributed by atoms with van der Waals surface area (Å²) in [5.41, 5.74) is 0.618. The topological polar surface area (TPSA) is 92.3 Å². The summed E-state index contributed by atoms with van der Waals surface area (Å²) in [6, 6.07) is 12.2. The number of carbonyl (C=O) groups excluding carboxylic acids is 2. The van der Waals surface area contributed by atoms with Crippen molar-refractivity contribution in [2.45, 2.75) is 19.4 Å². The van der Waals surface area contributed by atoms with E-state index in [9.17, 15) is 18.0 Å². The number of sulfone groups is 1. The van der Waals surface area contributed by atoms with Crippen molar-refractivity contribution in [3.63, 3.8) is 0 Å². The van der Waals surface area contributed by atoms with Crippen molar-refractivity contribution in [1.29, 1.82) is 0 Å². The number of benzene rings is 2. The van der Waals surface area contributed by atoms with Crippen molar-refractivity contribution in [3.05, 3.63) is 42.5 Å². The van der Waals surface area contributed by atoms with E-state index in [1.54, 1.807) is 6.07 Å². The van der Waals surface area contributed by atoms with Crippen molar-refractivity contribution < 1.29 is 18.0 Å². The Morgan fingerprint density at radius 3 is 2.42 bits per heavy atom. The molecule has 0 aromatic heterocycles. The minimum absolute atomic E-state index is 0.0228. The third-order valence-corrected chi connectivity index (χ3v) is 4.50. The molecule has 2 rings (SSSR count). The minimum Gasteiger partial charge on any atom is -0.345 e. The summed E-state index contributed by atoms with van der Waals surface area (Å²) >= 11 is 0. The summed E-state index contributed by atoms with van der Waals surface area (Å²) < 4.78 is 22.7. The second-order valence-corrected chi connectivity index (χ2v) is 7.95. The molecule has 0 radical (unpaired) electrons. The molecule has 2 amide bonds. The number of rotatable bonds is 6. The van der Waals surface area contributed by atoms with Crippen LogP contribution in [0.5, 0.6) is 0 Å². The van der Waals surface area contributed by atoms with Gasteiger partial charge in [-0.1, -0.05) is 36.4 Å². The lowest BCUT2D eigenvalue weighted by molar-refractivity contribution is -0.125. The van der Waals surface area contributed by atoms with E-state index in [4.69, 9.17) is 0 Å². The van der Waals surface area contributed by atoms with Crippen LogP contribution in [-0.2, 0) is 19.4 Å². The molecule has 7 heteroatoms. The number of carbonyl (C=O) groups is 2. The van der Waals surface area contributed by atoms with E-state index in [0.717, 1.165) is 17.0 Å². The Kier molecular flexibility index (Phi) is 5.56. The molecule has 0 fully saturated rings. The SMILES string of the molecule is CC(=O)N[C@@H](CCS(C)(=O)=O)C(=O)Nc1cccc2ccccc12. The number of anilines is 1. The van der Waals surface area contributed by atoms with Crippen molar-refractivity contribution >= 4 is 38.1 Å². The molecular weight excluding hydrogens is 328 g/mol. The van der Waals surface area contributed by atoms with Crippen LogP contribution in [0, 0.1) is 0 Å². The monoisotopic (exact) mass is 348 g/mol. The highest BCUT2D eigenvalue weighted by Gasteiger charge is 2.21.